The molecule has 0 amide bonds. The van der Waals surface area contributed by atoms with E-state index in [0.717, 1.165) is 27.9 Å². The first-order chi connectivity index (χ1) is 9.81. The normalized spacial score (nSPS) is 10.9. The molecule has 0 aliphatic carbocycles. The Morgan fingerprint density at radius 1 is 1.20 bits per heavy atom. The number of rotatable bonds is 4. The first-order valence-corrected chi connectivity index (χ1v) is 7.29. The van der Waals surface area contributed by atoms with E-state index < -0.39 is 0 Å². The molecule has 0 N–H and O–H groups in total. The number of fused-ring (bicyclic) bond motifs is 1. The third kappa shape index (κ3) is 2.34. The summed E-state index contributed by atoms with van der Waals surface area (Å²) < 4.78 is 6.96. The first kappa shape index (κ1) is 12.9. The zero-order valence-electron chi connectivity index (χ0n) is 11.3. The summed E-state index contributed by atoms with van der Waals surface area (Å²) in [5, 5.41) is 5.25. The molecule has 3 aromatic rings. The van der Waals surface area contributed by atoms with Gasteiger partial charge in [-0.1, -0.05) is 18.7 Å². The third-order valence-electron chi connectivity index (χ3n) is 2.88. The maximum Gasteiger partial charge on any atom is 0.253 e. The highest BCUT2D eigenvalue weighted by Crippen LogP contribution is 2.23. The quantitative estimate of drug-likeness (QED) is 0.690. The van der Waals surface area contributed by atoms with E-state index in [0.29, 0.717) is 5.78 Å². The third-order valence-corrected chi connectivity index (χ3v) is 3.60. The van der Waals surface area contributed by atoms with Crippen LogP contribution in [0.3, 0.4) is 0 Å². The number of hydrogen-bond donors (Lipinski definition) is 0. The van der Waals surface area contributed by atoms with Crippen LogP contribution in [-0.4, -0.2) is 32.4 Å². The Morgan fingerprint density at radius 2 is 2.00 bits per heavy atom. The van der Waals surface area contributed by atoms with Crippen molar-refractivity contribution in [3.63, 3.8) is 0 Å². The Morgan fingerprint density at radius 3 is 2.70 bits per heavy atom. The van der Waals surface area contributed by atoms with Crippen molar-refractivity contribution < 1.29 is 4.74 Å². The van der Waals surface area contributed by atoms with Gasteiger partial charge in [0.1, 0.15) is 5.75 Å². The van der Waals surface area contributed by atoms with Crippen LogP contribution in [0.1, 0.15) is 6.92 Å². The fourth-order valence-corrected chi connectivity index (χ4v) is 2.49. The summed E-state index contributed by atoms with van der Waals surface area (Å²) in [6, 6.07) is 9.80. The smallest absolute Gasteiger partial charge is 0.253 e. The molecule has 0 unspecified atom stereocenters. The van der Waals surface area contributed by atoms with E-state index in [1.807, 2.05) is 30.3 Å². The van der Waals surface area contributed by atoms with Crippen molar-refractivity contribution in [2.75, 3.05) is 12.9 Å². The van der Waals surface area contributed by atoms with Crippen LogP contribution in [0.25, 0.3) is 17.0 Å². The standard InChI is InChI=1S/C14H14N4OS/c1-3-20-14-16-13-15-9-8-12(18(13)17-14)10-4-6-11(19-2)7-5-10/h4-9H,3H2,1-2H3. The molecule has 20 heavy (non-hydrogen) atoms. The van der Waals surface area contributed by atoms with Crippen LogP contribution >= 0.6 is 11.8 Å². The van der Waals surface area contributed by atoms with Gasteiger partial charge in [0.05, 0.1) is 12.8 Å². The second-order valence-electron chi connectivity index (χ2n) is 4.10. The molecule has 5 nitrogen and oxygen atoms in total. The van der Waals surface area contributed by atoms with Crippen molar-refractivity contribution in [3.8, 4) is 17.0 Å². The zero-order valence-corrected chi connectivity index (χ0v) is 12.1. The molecule has 0 spiro atoms. The van der Waals surface area contributed by atoms with Gasteiger partial charge in [0.15, 0.2) is 0 Å². The van der Waals surface area contributed by atoms with E-state index in [1.165, 1.54) is 0 Å². The molecule has 2 aromatic heterocycles. The predicted molar refractivity (Wildman–Crippen MR) is 79.2 cm³/mol. The highest BCUT2D eigenvalue weighted by molar-refractivity contribution is 7.99. The van der Waals surface area contributed by atoms with E-state index in [1.54, 1.807) is 29.6 Å². The number of hydrogen-bond acceptors (Lipinski definition) is 5. The molecule has 0 aliphatic heterocycles. The average Bonchev–Trinajstić information content (AvgIpc) is 2.90. The Bertz CT molecular complexity index is 724. The van der Waals surface area contributed by atoms with E-state index in [9.17, 15) is 0 Å². The second-order valence-corrected chi connectivity index (χ2v) is 5.33. The summed E-state index contributed by atoms with van der Waals surface area (Å²) in [4.78, 5) is 8.66. The molecule has 1 aromatic carbocycles. The fraction of sp³-hybridized carbons (Fsp3) is 0.214. The minimum atomic E-state index is 0.620. The highest BCUT2D eigenvalue weighted by atomic mass is 32.2. The molecule has 0 bridgehead atoms. The van der Waals surface area contributed by atoms with Crippen molar-refractivity contribution in [3.05, 3.63) is 36.5 Å². The fourth-order valence-electron chi connectivity index (χ4n) is 1.95. The van der Waals surface area contributed by atoms with Crippen molar-refractivity contribution >= 4 is 17.5 Å². The van der Waals surface area contributed by atoms with E-state index >= 15 is 0 Å². The minimum absolute atomic E-state index is 0.620. The summed E-state index contributed by atoms with van der Waals surface area (Å²) in [5.41, 5.74) is 2.02. The SMILES string of the molecule is CCSc1nc2nccc(-c3ccc(OC)cc3)n2n1. The number of thioether (sulfide) groups is 1. The lowest BCUT2D eigenvalue weighted by Gasteiger charge is -2.04. The lowest BCUT2D eigenvalue weighted by Crippen LogP contribution is -1.96. The lowest BCUT2D eigenvalue weighted by atomic mass is 10.1. The molecular formula is C14H14N4OS. The summed E-state index contributed by atoms with van der Waals surface area (Å²) in [6.45, 7) is 2.08. The molecule has 0 atom stereocenters. The molecule has 0 aliphatic rings. The average molecular weight is 286 g/mol. The number of methoxy groups -OCH3 is 1. The van der Waals surface area contributed by atoms with Gasteiger partial charge in [-0.2, -0.15) is 9.50 Å². The van der Waals surface area contributed by atoms with Gasteiger partial charge in [-0.3, -0.25) is 0 Å². The number of nitrogens with zero attached hydrogens (tertiary/aromatic N) is 4. The molecule has 0 fully saturated rings. The van der Waals surface area contributed by atoms with Gasteiger partial charge in [-0.05, 0) is 36.1 Å². The molecule has 0 saturated heterocycles. The Hall–Kier alpha value is -2.08. The summed E-state index contributed by atoms with van der Waals surface area (Å²) in [7, 11) is 1.66. The van der Waals surface area contributed by atoms with Crippen LogP contribution in [-0.2, 0) is 0 Å². The maximum atomic E-state index is 5.18. The van der Waals surface area contributed by atoms with Gasteiger partial charge in [0.2, 0.25) is 5.16 Å². The van der Waals surface area contributed by atoms with Gasteiger partial charge in [0, 0.05) is 11.8 Å². The first-order valence-electron chi connectivity index (χ1n) is 6.31. The summed E-state index contributed by atoms with van der Waals surface area (Å²) >= 11 is 1.61. The lowest BCUT2D eigenvalue weighted by molar-refractivity contribution is 0.415. The Labute approximate surface area is 121 Å². The monoisotopic (exact) mass is 286 g/mol. The molecule has 102 valence electrons. The molecule has 2 heterocycles. The molecule has 0 saturated carbocycles. The van der Waals surface area contributed by atoms with Crippen molar-refractivity contribution in [1.29, 1.82) is 0 Å². The van der Waals surface area contributed by atoms with Crippen LogP contribution in [0.5, 0.6) is 5.75 Å². The summed E-state index contributed by atoms with van der Waals surface area (Å²) in [6.07, 6.45) is 1.75. The number of benzene rings is 1. The van der Waals surface area contributed by atoms with Crippen molar-refractivity contribution in [2.24, 2.45) is 0 Å². The highest BCUT2D eigenvalue weighted by Gasteiger charge is 2.09. The molecule has 6 heteroatoms. The second kappa shape index (κ2) is 5.50. The molecule has 3 rings (SSSR count). The van der Waals surface area contributed by atoms with Crippen molar-refractivity contribution in [1.82, 2.24) is 19.6 Å². The molecule has 0 radical (unpaired) electrons. The van der Waals surface area contributed by atoms with Gasteiger partial charge >= 0.3 is 0 Å². The molecular weight excluding hydrogens is 272 g/mol. The predicted octanol–water partition coefficient (Wildman–Crippen LogP) is 2.91. The van der Waals surface area contributed by atoms with Crippen LogP contribution < -0.4 is 4.74 Å². The number of aromatic nitrogens is 4. The van der Waals surface area contributed by atoms with Crippen LogP contribution in [0.15, 0.2) is 41.7 Å². The van der Waals surface area contributed by atoms with Crippen LogP contribution in [0.4, 0.5) is 0 Å². The Balaban J connectivity index is 2.09. The van der Waals surface area contributed by atoms with Gasteiger partial charge in [-0.25, -0.2) is 4.98 Å². The largest absolute Gasteiger partial charge is 0.497 e. The van der Waals surface area contributed by atoms with Crippen LogP contribution in [0, 0.1) is 0 Å². The van der Waals surface area contributed by atoms with E-state index in [-0.39, 0.29) is 0 Å². The van der Waals surface area contributed by atoms with E-state index in [4.69, 9.17) is 4.74 Å². The van der Waals surface area contributed by atoms with Crippen molar-refractivity contribution in [2.45, 2.75) is 12.1 Å². The van der Waals surface area contributed by atoms with E-state index in [2.05, 4.69) is 22.0 Å². The summed E-state index contributed by atoms with van der Waals surface area (Å²) in [5.74, 6) is 2.39. The Kier molecular flexibility index (Phi) is 3.56. The van der Waals surface area contributed by atoms with Gasteiger partial charge < -0.3 is 4.74 Å². The number of ether oxygens (including phenoxy) is 1. The minimum Gasteiger partial charge on any atom is -0.497 e. The van der Waals surface area contributed by atoms with Gasteiger partial charge in [-0.15, -0.1) is 5.10 Å². The maximum absolute atomic E-state index is 5.18. The van der Waals surface area contributed by atoms with Crippen LogP contribution in [0.2, 0.25) is 0 Å². The van der Waals surface area contributed by atoms with Gasteiger partial charge in [0.25, 0.3) is 5.78 Å². The topological polar surface area (TPSA) is 52.3 Å². The zero-order chi connectivity index (χ0) is 13.9.